The van der Waals surface area contributed by atoms with Crippen LogP contribution in [0.2, 0.25) is 0 Å². The number of thioether (sulfide) groups is 1. The van der Waals surface area contributed by atoms with E-state index in [1.807, 2.05) is 0 Å². The van der Waals surface area contributed by atoms with E-state index in [4.69, 9.17) is 5.11 Å². The molecule has 1 saturated heterocycles. The molecule has 2 aliphatic carbocycles. The van der Waals surface area contributed by atoms with E-state index in [1.54, 1.807) is 0 Å². The van der Waals surface area contributed by atoms with Crippen LogP contribution in [-0.2, 0) is 4.79 Å². The van der Waals surface area contributed by atoms with Gasteiger partial charge in [-0.25, -0.2) is 0 Å². The first kappa shape index (κ1) is 15.0. The summed E-state index contributed by atoms with van der Waals surface area (Å²) in [6.45, 7) is 6.99. The largest absolute Gasteiger partial charge is 0.396 e. The average molecular weight is 309 g/mol. The van der Waals surface area contributed by atoms with Crippen LogP contribution < -0.4 is 5.32 Å². The number of hydrogen-bond acceptors (Lipinski definition) is 5. The molecule has 3 rings (SSSR count). The fourth-order valence-corrected chi connectivity index (χ4v) is 4.85. The summed E-state index contributed by atoms with van der Waals surface area (Å²) in [6.07, 6.45) is 3.95. The summed E-state index contributed by atoms with van der Waals surface area (Å²) in [5, 5.41) is 20.8. The minimum Gasteiger partial charge on any atom is -0.396 e. The number of nitrogens with zero attached hydrogens (tertiary/aromatic N) is 2. The number of aliphatic hydroxyl groups is 1. The molecule has 3 fully saturated rings. The summed E-state index contributed by atoms with van der Waals surface area (Å²) in [7, 11) is 0. The van der Waals surface area contributed by atoms with E-state index in [1.165, 1.54) is 30.3 Å². The third-order valence-electron chi connectivity index (χ3n) is 5.94. The van der Waals surface area contributed by atoms with Crippen molar-refractivity contribution < 1.29 is 9.90 Å². The Morgan fingerprint density at radius 3 is 2.71 bits per heavy atom. The highest BCUT2D eigenvalue weighted by atomic mass is 32.2. The Morgan fingerprint density at radius 1 is 1.38 bits per heavy atom. The third kappa shape index (κ3) is 2.23. The number of aliphatic hydroxyl groups excluding tert-OH is 1. The van der Waals surface area contributed by atoms with Crippen molar-refractivity contribution >= 4 is 28.5 Å². The molecule has 0 radical (unpaired) electrons. The Kier molecular flexibility index (Phi) is 3.64. The number of amidine groups is 1. The van der Waals surface area contributed by atoms with Crippen LogP contribution in [-0.4, -0.2) is 33.7 Å². The van der Waals surface area contributed by atoms with Crippen molar-refractivity contribution in [3.8, 4) is 0 Å². The molecule has 0 aromatic heterocycles. The lowest BCUT2D eigenvalue weighted by molar-refractivity contribution is -0.119. The molecule has 1 heterocycles. The molecule has 3 atom stereocenters. The Balaban J connectivity index is 1.76. The van der Waals surface area contributed by atoms with E-state index in [0.29, 0.717) is 17.5 Å². The summed E-state index contributed by atoms with van der Waals surface area (Å²) in [5.41, 5.74) is 1.61. The SMILES string of the molecule is CC12CCC(C/C1=N\N=C1/NC(=O)C(CCO)S1)C2(C)C. The van der Waals surface area contributed by atoms with Gasteiger partial charge in [-0.2, -0.15) is 5.10 Å². The molecule has 5 nitrogen and oxygen atoms in total. The Hall–Kier alpha value is -0.880. The van der Waals surface area contributed by atoms with Crippen LogP contribution in [0.15, 0.2) is 10.2 Å². The van der Waals surface area contributed by atoms with Crippen molar-refractivity contribution in [2.75, 3.05) is 6.61 Å². The second-order valence-corrected chi connectivity index (χ2v) is 8.24. The van der Waals surface area contributed by atoms with Gasteiger partial charge < -0.3 is 10.4 Å². The van der Waals surface area contributed by atoms with Crippen LogP contribution in [0, 0.1) is 16.7 Å². The Bertz CT molecular complexity index is 529. The van der Waals surface area contributed by atoms with Gasteiger partial charge in [0.15, 0.2) is 5.17 Å². The maximum atomic E-state index is 11.7. The molecule has 2 bridgehead atoms. The highest BCUT2D eigenvalue weighted by Crippen LogP contribution is 2.64. The normalized spacial score (nSPS) is 41.2. The van der Waals surface area contributed by atoms with E-state index in [0.717, 1.165) is 6.42 Å². The molecule has 1 amide bonds. The summed E-state index contributed by atoms with van der Waals surface area (Å²) in [6, 6.07) is 0. The maximum Gasteiger partial charge on any atom is 0.239 e. The molecule has 3 aliphatic rings. The molecule has 6 heteroatoms. The lowest BCUT2D eigenvalue weighted by atomic mass is 9.70. The fraction of sp³-hybridized carbons (Fsp3) is 0.800. The van der Waals surface area contributed by atoms with E-state index >= 15 is 0 Å². The molecule has 0 aromatic rings. The van der Waals surface area contributed by atoms with E-state index in [9.17, 15) is 4.79 Å². The first-order chi connectivity index (χ1) is 9.88. The minimum absolute atomic E-state index is 0.0147. The van der Waals surface area contributed by atoms with Gasteiger partial charge in [-0.3, -0.25) is 4.79 Å². The molecule has 1 aliphatic heterocycles. The van der Waals surface area contributed by atoms with Gasteiger partial charge >= 0.3 is 0 Å². The predicted molar refractivity (Wildman–Crippen MR) is 85.3 cm³/mol. The number of amides is 1. The lowest BCUT2D eigenvalue weighted by Gasteiger charge is -2.34. The molecular formula is C15H23N3O2S. The predicted octanol–water partition coefficient (Wildman–Crippen LogP) is 2.16. The molecule has 3 unspecified atom stereocenters. The molecular weight excluding hydrogens is 286 g/mol. The summed E-state index contributed by atoms with van der Waals surface area (Å²) in [5.74, 6) is 0.627. The van der Waals surface area contributed by atoms with Crippen LogP contribution in [0.4, 0.5) is 0 Å². The van der Waals surface area contributed by atoms with Crippen molar-refractivity contribution in [2.45, 2.75) is 51.7 Å². The highest BCUT2D eigenvalue weighted by Gasteiger charge is 2.60. The summed E-state index contributed by atoms with van der Waals surface area (Å²) in [4.78, 5) is 11.7. The number of fused-ring (bicyclic) bond motifs is 2. The van der Waals surface area contributed by atoms with Crippen LogP contribution in [0.1, 0.15) is 46.5 Å². The molecule has 0 spiro atoms. The van der Waals surface area contributed by atoms with Crippen LogP contribution >= 0.6 is 11.8 Å². The quantitative estimate of drug-likeness (QED) is 0.785. The van der Waals surface area contributed by atoms with Crippen LogP contribution in [0.3, 0.4) is 0 Å². The Labute approximate surface area is 129 Å². The third-order valence-corrected chi connectivity index (χ3v) is 7.08. The zero-order valence-corrected chi connectivity index (χ0v) is 13.7. The molecule has 0 aromatic carbocycles. The second kappa shape index (κ2) is 5.09. The standard InChI is InChI=1S/C15H23N3O2S/c1-14(2)9-4-6-15(14,3)11(8-9)17-18-13-16-12(20)10(21-13)5-7-19/h9-10,19H,4-8H2,1-3H3,(H,16,18,20)/b17-11+. The van der Waals surface area contributed by atoms with Gasteiger partial charge in [0.25, 0.3) is 0 Å². The lowest BCUT2D eigenvalue weighted by Crippen LogP contribution is -2.32. The van der Waals surface area contributed by atoms with Gasteiger partial charge in [-0.05, 0) is 37.0 Å². The number of rotatable bonds is 3. The van der Waals surface area contributed by atoms with Gasteiger partial charge in [-0.15, -0.1) is 5.10 Å². The number of carbonyl (C=O) groups is 1. The smallest absolute Gasteiger partial charge is 0.239 e. The summed E-state index contributed by atoms with van der Waals surface area (Å²) >= 11 is 1.37. The van der Waals surface area contributed by atoms with Gasteiger partial charge in [0, 0.05) is 17.7 Å². The number of nitrogens with one attached hydrogen (secondary N) is 1. The zero-order chi connectivity index (χ0) is 15.3. The van der Waals surface area contributed by atoms with Crippen molar-refractivity contribution in [1.29, 1.82) is 0 Å². The van der Waals surface area contributed by atoms with Crippen LogP contribution in [0.25, 0.3) is 0 Å². The molecule has 2 saturated carbocycles. The Morgan fingerprint density at radius 2 is 2.14 bits per heavy atom. The number of carbonyl (C=O) groups excluding carboxylic acids is 1. The van der Waals surface area contributed by atoms with Crippen molar-refractivity contribution in [3.05, 3.63) is 0 Å². The topological polar surface area (TPSA) is 74.0 Å². The molecule has 2 N–H and O–H groups in total. The highest BCUT2D eigenvalue weighted by molar-refractivity contribution is 8.15. The minimum atomic E-state index is -0.235. The van der Waals surface area contributed by atoms with Crippen LogP contribution in [0.5, 0.6) is 0 Å². The maximum absolute atomic E-state index is 11.7. The van der Waals surface area contributed by atoms with Gasteiger partial charge in [0.2, 0.25) is 5.91 Å². The van der Waals surface area contributed by atoms with E-state index in [-0.39, 0.29) is 28.6 Å². The van der Waals surface area contributed by atoms with Crippen molar-refractivity contribution in [3.63, 3.8) is 0 Å². The summed E-state index contributed by atoms with van der Waals surface area (Å²) < 4.78 is 0. The monoisotopic (exact) mass is 309 g/mol. The van der Waals surface area contributed by atoms with Crippen molar-refractivity contribution in [2.24, 2.45) is 27.0 Å². The molecule has 116 valence electrons. The average Bonchev–Trinajstić information content (AvgIpc) is 2.94. The zero-order valence-electron chi connectivity index (χ0n) is 12.8. The van der Waals surface area contributed by atoms with Gasteiger partial charge in [0.1, 0.15) is 0 Å². The van der Waals surface area contributed by atoms with E-state index in [2.05, 4.69) is 36.3 Å². The molecule has 21 heavy (non-hydrogen) atoms. The number of hydrogen-bond donors (Lipinski definition) is 2. The van der Waals surface area contributed by atoms with E-state index < -0.39 is 0 Å². The second-order valence-electron chi connectivity index (χ2n) is 7.05. The van der Waals surface area contributed by atoms with Gasteiger partial charge in [0.05, 0.1) is 5.25 Å². The van der Waals surface area contributed by atoms with Gasteiger partial charge in [-0.1, -0.05) is 32.5 Å². The van der Waals surface area contributed by atoms with Crippen molar-refractivity contribution in [1.82, 2.24) is 5.32 Å². The first-order valence-corrected chi connectivity index (χ1v) is 8.50. The first-order valence-electron chi connectivity index (χ1n) is 7.62. The fourth-order valence-electron chi connectivity index (χ4n) is 3.94.